The molecule has 136 valence electrons. The number of nitrogens with zero attached hydrogens (tertiary/aromatic N) is 3. The van der Waals surface area contributed by atoms with E-state index in [1.165, 1.54) is 32.1 Å². The molecule has 4 rings (SSSR count). The Morgan fingerprint density at radius 1 is 1.04 bits per heavy atom. The fourth-order valence-corrected chi connectivity index (χ4v) is 5.67. The largest absolute Gasteiger partial charge is 0.353 e. The van der Waals surface area contributed by atoms with Gasteiger partial charge in [-0.05, 0) is 37.3 Å². The van der Waals surface area contributed by atoms with Crippen LogP contribution >= 0.6 is 0 Å². The van der Waals surface area contributed by atoms with E-state index in [-0.39, 0.29) is 30.5 Å². The summed E-state index contributed by atoms with van der Waals surface area (Å²) in [5.74, 6) is 1.76. The lowest BCUT2D eigenvalue weighted by molar-refractivity contribution is 0.0770. The summed E-state index contributed by atoms with van der Waals surface area (Å²) in [6.45, 7) is 1.61. The molecule has 6 nitrogen and oxygen atoms in total. The van der Waals surface area contributed by atoms with E-state index in [1.807, 2.05) is 12.1 Å². The van der Waals surface area contributed by atoms with E-state index in [9.17, 15) is 13.2 Å². The van der Waals surface area contributed by atoms with Crippen molar-refractivity contribution in [3.05, 3.63) is 23.9 Å². The van der Waals surface area contributed by atoms with E-state index >= 15 is 0 Å². The molecule has 0 N–H and O–H groups in total. The molecule has 3 aliphatic rings. The highest BCUT2D eigenvalue weighted by atomic mass is 32.2. The molecule has 2 atom stereocenters. The fourth-order valence-electron chi connectivity index (χ4n) is 4.47. The maximum Gasteiger partial charge on any atom is 0.255 e. The van der Waals surface area contributed by atoms with Gasteiger partial charge in [0.25, 0.3) is 5.91 Å². The quantitative estimate of drug-likeness (QED) is 0.800. The molecule has 3 heterocycles. The molecule has 1 amide bonds. The van der Waals surface area contributed by atoms with Crippen LogP contribution < -0.4 is 4.90 Å². The molecule has 0 radical (unpaired) electrons. The maximum atomic E-state index is 12.5. The minimum atomic E-state index is -2.98. The smallest absolute Gasteiger partial charge is 0.255 e. The summed E-state index contributed by atoms with van der Waals surface area (Å²) in [6, 6.07) is 4.39. The number of anilines is 1. The Kier molecular flexibility index (Phi) is 4.43. The molecule has 2 unspecified atom stereocenters. The molecule has 0 spiro atoms. The Bertz CT molecular complexity index is 733. The Morgan fingerprint density at radius 2 is 1.80 bits per heavy atom. The van der Waals surface area contributed by atoms with E-state index in [4.69, 9.17) is 0 Å². The zero-order valence-electron chi connectivity index (χ0n) is 14.4. The Morgan fingerprint density at radius 3 is 2.52 bits per heavy atom. The molecular weight excluding hydrogens is 338 g/mol. The van der Waals surface area contributed by atoms with E-state index in [0.717, 1.165) is 18.3 Å². The van der Waals surface area contributed by atoms with Crippen LogP contribution in [0.15, 0.2) is 18.3 Å². The minimum absolute atomic E-state index is 0.0566. The summed E-state index contributed by atoms with van der Waals surface area (Å²) in [6.07, 6.45) is 8.12. The Labute approximate surface area is 149 Å². The van der Waals surface area contributed by atoms with Crippen molar-refractivity contribution in [2.24, 2.45) is 5.92 Å². The summed E-state index contributed by atoms with van der Waals surface area (Å²) < 4.78 is 23.0. The van der Waals surface area contributed by atoms with Crippen molar-refractivity contribution in [1.82, 2.24) is 9.88 Å². The van der Waals surface area contributed by atoms with Crippen molar-refractivity contribution in [1.29, 1.82) is 0 Å². The molecule has 1 aromatic rings. The van der Waals surface area contributed by atoms with Gasteiger partial charge in [0.1, 0.15) is 5.82 Å². The predicted octanol–water partition coefficient (Wildman–Crippen LogP) is 1.72. The average Bonchev–Trinajstić information content (AvgIpc) is 3.05. The summed E-state index contributed by atoms with van der Waals surface area (Å²) >= 11 is 0. The first-order chi connectivity index (χ1) is 12.0. The van der Waals surface area contributed by atoms with Gasteiger partial charge in [0.2, 0.25) is 0 Å². The first-order valence-corrected chi connectivity index (χ1v) is 11.1. The normalized spacial score (nSPS) is 28.6. The van der Waals surface area contributed by atoms with Crippen LogP contribution in [-0.2, 0) is 9.84 Å². The van der Waals surface area contributed by atoms with Crippen molar-refractivity contribution in [2.45, 2.75) is 38.1 Å². The number of pyridine rings is 1. The second kappa shape index (κ2) is 6.59. The van der Waals surface area contributed by atoms with Gasteiger partial charge in [0.05, 0.1) is 17.1 Å². The molecule has 0 bridgehead atoms. The van der Waals surface area contributed by atoms with Crippen LogP contribution in [-0.4, -0.2) is 61.4 Å². The minimum Gasteiger partial charge on any atom is -0.353 e. The lowest BCUT2D eigenvalue weighted by Gasteiger charge is -2.32. The number of amides is 1. The molecule has 0 aromatic carbocycles. The number of carbonyl (C=O) groups excluding carboxylic acids is 1. The fraction of sp³-hybridized carbons (Fsp3) is 0.667. The monoisotopic (exact) mass is 363 g/mol. The van der Waals surface area contributed by atoms with Crippen LogP contribution in [0.5, 0.6) is 0 Å². The summed E-state index contributed by atoms with van der Waals surface area (Å²) in [5.41, 5.74) is 0.544. The van der Waals surface area contributed by atoms with Crippen molar-refractivity contribution in [3.8, 4) is 0 Å². The standard InChI is InChI=1S/C18H25N3O3S/c22-18(20-9-11-25(23,24)12-10-20)15-5-6-17(19-13-15)21-8-7-14-3-1-2-4-16(14)21/h5-6,13-14,16H,1-4,7-12H2. The number of hydrogen-bond donors (Lipinski definition) is 0. The third-order valence-corrected chi connectivity index (χ3v) is 7.54. The van der Waals surface area contributed by atoms with Crippen molar-refractivity contribution >= 4 is 21.6 Å². The van der Waals surface area contributed by atoms with Gasteiger partial charge in [0.15, 0.2) is 9.84 Å². The lowest BCUT2D eigenvalue weighted by Crippen LogP contribution is -2.43. The van der Waals surface area contributed by atoms with Crippen LogP contribution in [0.3, 0.4) is 0 Å². The molecule has 1 aliphatic carbocycles. The van der Waals surface area contributed by atoms with Gasteiger partial charge in [-0.3, -0.25) is 4.79 Å². The SMILES string of the molecule is O=C(c1ccc(N2CCC3CCCCC32)nc1)N1CCS(=O)(=O)CC1. The molecule has 2 aliphatic heterocycles. The highest BCUT2D eigenvalue weighted by molar-refractivity contribution is 7.91. The number of aromatic nitrogens is 1. The number of rotatable bonds is 2. The first kappa shape index (κ1) is 16.8. The third-order valence-electron chi connectivity index (χ3n) is 5.93. The van der Waals surface area contributed by atoms with E-state index in [2.05, 4.69) is 9.88 Å². The third kappa shape index (κ3) is 3.38. The summed E-state index contributed by atoms with van der Waals surface area (Å²) in [5, 5.41) is 0. The van der Waals surface area contributed by atoms with Gasteiger partial charge < -0.3 is 9.80 Å². The van der Waals surface area contributed by atoms with Crippen molar-refractivity contribution in [3.63, 3.8) is 0 Å². The molecular formula is C18H25N3O3S. The highest BCUT2D eigenvalue weighted by Crippen LogP contribution is 2.38. The van der Waals surface area contributed by atoms with Crippen molar-refractivity contribution < 1.29 is 13.2 Å². The van der Waals surface area contributed by atoms with E-state index in [1.54, 1.807) is 11.1 Å². The van der Waals surface area contributed by atoms with Gasteiger partial charge >= 0.3 is 0 Å². The number of fused-ring (bicyclic) bond motifs is 1. The van der Waals surface area contributed by atoms with Gasteiger partial charge in [0, 0.05) is 31.9 Å². The Balaban J connectivity index is 1.44. The molecule has 3 fully saturated rings. The molecule has 1 saturated carbocycles. The summed E-state index contributed by atoms with van der Waals surface area (Å²) in [4.78, 5) is 21.1. The maximum absolute atomic E-state index is 12.5. The average molecular weight is 363 g/mol. The van der Waals surface area contributed by atoms with Crippen molar-refractivity contribution in [2.75, 3.05) is 36.0 Å². The predicted molar refractivity (Wildman–Crippen MR) is 96.5 cm³/mol. The van der Waals surface area contributed by atoms with Crippen LogP contribution in [0.4, 0.5) is 5.82 Å². The molecule has 7 heteroatoms. The lowest BCUT2D eigenvalue weighted by atomic mass is 9.85. The topological polar surface area (TPSA) is 70.6 Å². The Hall–Kier alpha value is -1.63. The van der Waals surface area contributed by atoms with Gasteiger partial charge in [-0.1, -0.05) is 12.8 Å². The van der Waals surface area contributed by atoms with Gasteiger partial charge in [-0.25, -0.2) is 13.4 Å². The second-order valence-corrected chi connectivity index (χ2v) is 9.75. The van der Waals surface area contributed by atoms with Crippen LogP contribution in [0.25, 0.3) is 0 Å². The zero-order chi connectivity index (χ0) is 17.4. The van der Waals surface area contributed by atoms with E-state index in [0.29, 0.717) is 11.6 Å². The highest BCUT2D eigenvalue weighted by Gasteiger charge is 2.36. The van der Waals surface area contributed by atoms with Gasteiger partial charge in [-0.2, -0.15) is 0 Å². The number of carbonyl (C=O) groups is 1. The zero-order valence-corrected chi connectivity index (χ0v) is 15.2. The van der Waals surface area contributed by atoms with Crippen LogP contribution in [0, 0.1) is 5.92 Å². The first-order valence-electron chi connectivity index (χ1n) is 9.26. The number of sulfone groups is 1. The molecule has 2 saturated heterocycles. The second-order valence-electron chi connectivity index (χ2n) is 7.44. The van der Waals surface area contributed by atoms with Gasteiger partial charge in [-0.15, -0.1) is 0 Å². The molecule has 25 heavy (non-hydrogen) atoms. The summed E-state index contributed by atoms with van der Waals surface area (Å²) in [7, 11) is -2.98. The van der Waals surface area contributed by atoms with Crippen LogP contribution in [0.2, 0.25) is 0 Å². The number of hydrogen-bond acceptors (Lipinski definition) is 5. The molecule has 1 aromatic heterocycles. The van der Waals surface area contributed by atoms with E-state index < -0.39 is 9.84 Å². The van der Waals surface area contributed by atoms with Crippen LogP contribution in [0.1, 0.15) is 42.5 Å².